The second kappa shape index (κ2) is 9.57. The van der Waals surface area contributed by atoms with E-state index < -0.39 is 5.79 Å². The zero-order valence-electron chi connectivity index (χ0n) is 17.5. The molecule has 0 amide bonds. The van der Waals surface area contributed by atoms with Gasteiger partial charge in [-0.2, -0.15) is 0 Å². The van der Waals surface area contributed by atoms with Crippen LogP contribution >= 0.6 is 0 Å². The van der Waals surface area contributed by atoms with Crippen molar-refractivity contribution in [3.05, 3.63) is 48.5 Å². The molecule has 1 aliphatic rings. The van der Waals surface area contributed by atoms with Gasteiger partial charge < -0.3 is 18.8 Å². The largest absolute Gasteiger partial charge is 0.497 e. The molecule has 0 bridgehead atoms. The minimum Gasteiger partial charge on any atom is -0.497 e. The Labute approximate surface area is 169 Å². The second-order valence-electron chi connectivity index (χ2n) is 8.07. The third kappa shape index (κ3) is 5.15. The van der Waals surface area contributed by atoms with E-state index in [2.05, 4.69) is 35.5 Å². The lowest BCUT2D eigenvalue weighted by atomic mass is 9.79. The molecular weight excluding hydrogens is 352 g/mol. The number of aromatic nitrogens is 2. The van der Waals surface area contributed by atoms with Gasteiger partial charge in [0.25, 0.3) is 0 Å². The van der Waals surface area contributed by atoms with Gasteiger partial charge in [0.05, 0.1) is 33.2 Å². The molecule has 0 aliphatic carbocycles. The van der Waals surface area contributed by atoms with Crippen LogP contribution in [-0.2, 0) is 22.4 Å². The van der Waals surface area contributed by atoms with E-state index in [-0.39, 0.29) is 5.41 Å². The summed E-state index contributed by atoms with van der Waals surface area (Å²) in [5, 5.41) is 0. The number of imidazole rings is 1. The molecule has 0 atom stereocenters. The van der Waals surface area contributed by atoms with Crippen LogP contribution in [0.2, 0.25) is 0 Å². The second-order valence-corrected chi connectivity index (χ2v) is 8.07. The van der Waals surface area contributed by atoms with Gasteiger partial charge in [0, 0.05) is 24.2 Å². The van der Waals surface area contributed by atoms with Crippen molar-refractivity contribution in [2.24, 2.45) is 5.41 Å². The first-order valence-corrected chi connectivity index (χ1v) is 10.5. The van der Waals surface area contributed by atoms with Crippen LogP contribution in [0.15, 0.2) is 43.0 Å². The number of ether oxygens (including phenoxy) is 3. The Morgan fingerprint density at radius 2 is 1.71 bits per heavy atom. The molecule has 0 N–H and O–H groups in total. The van der Waals surface area contributed by atoms with Crippen LogP contribution in [0.3, 0.4) is 0 Å². The minimum atomic E-state index is -0.606. The molecule has 0 unspecified atom stereocenters. The maximum atomic E-state index is 6.53. The average molecular weight is 387 g/mol. The molecule has 1 saturated heterocycles. The van der Waals surface area contributed by atoms with Gasteiger partial charge >= 0.3 is 0 Å². The van der Waals surface area contributed by atoms with Crippen molar-refractivity contribution in [1.29, 1.82) is 0 Å². The summed E-state index contributed by atoms with van der Waals surface area (Å²) in [4.78, 5) is 4.18. The molecule has 0 spiro atoms. The standard InChI is InChI=1S/C23H34N2O3/c1-4-11-22(12-5-2)17-27-23(28-18-22,16-25-15-14-24-19-25)13-10-20-6-8-21(26-3)9-7-20/h6-9,14-15,19H,4-5,10-13,16-18H2,1-3H3. The van der Waals surface area contributed by atoms with Gasteiger partial charge in [0.2, 0.25) is 0 Å². The van der Waals surface area contributed by atoms with Crippen LogP contribution in [-0.4, -0.2) is 35.7 Å². The van der Waals surface area contributed by atoms with Gasteiger partial charge in [0.1, 0.15) is 5.75 Å². The monoisotopic (exact) mass is 386 g/mol. The van der Waals surface area contributed by atoms with Crippen molar-refractivity contribution in [2.75, 3.05) is 20.3 Å². The lowest BCUT2D eigenvalue weighted by molar-refractivity contribution is -0.314. The van der Waals surface area contributed by atoms with E-state index in [1.807, 2.05) is 24.7 Å². The van der Waals surface area contributed by atoms with Crippen LogP contribution in [0.1, 0.15) is 51.5 Å². The third-order valence-electron chi connectivity index (χ3n) is 5.78. The molecular formula is C23H34N2O3. The molecule has 1 aliphatic heterocycles. The van der Waals surface area contributed by atoms with Crippen molar-refractivity contribution < 1.29 is 14.2 Å². The van der Waals surface area contributed by atoms with E-state index in [1.165, 1.54) is 5.56 Å². The molecule has 0 saturated carbocycles. The molecule has 5 nitrogen and oxygen atoms in total. The molecule has 28 heavy (non-hydrogen) atoms. The fourth-order valence-electron chi connectivity index (χ4n) is 4.23. The summed E-state index contributed by atoms with van der Waals surface area (Å²) in [5.74, 6) is 0.275. The fraction of sp³-hybridized carbons (Fsp3) is 0.609. The molecule has 3 rings (SSSR count). The Hall–Kier alpha value is -1.85. The highest BCUT2D eigenvalue weighted by atomic mass is 16.7. The van der Waals surface area contributed by atoms with Crippen LogP contribution in [0.5, 0.6) is 5.75 Å². The quantitative estimate of drug-likeness (QED) is 0.585. The molecule has 5 heteroatoms. The minimum absolute atomic E-state index is 0.155. The normalized spacial score (nSPS) is 18.1. The Morgan fingerprint density at radius 1 is 1.04 bits per heavy atom. The van der Waals surface area contributed by atoms with Crippen LogP contribution in [0.25, 0.3) is 0 Å². The third-order valence-corrected chi connectivity index (χ3v) is 5.78. The molecule has 1 fully saturated rings. The SMILES string of the molecule is CCCC1(CCC)COC(CCc2ccc(OC)cc2)(Cn2ccnc2)OC1. The van der Waals surface area contributed by atoms with Gasteiger partial charge in [-0.25, -0.2) is 4.98 Å². The highest BCUT2D eigenvalue weighted by Gasteiger charge is 2.44. The van der Waals surface area contributed by atoms with Crippen molar-refractivity contribution in [1.82, 2.24) is 9.55 Å². The molecule has 2 heterocycles. The number of hydrogen-bond acceptors (Lipinski definition) is 4. The van der Waals surface area contributed by atoms with Gasteiger partial charge in [-0.05, 0) is 37.0 Å². The van der Waals surface area contributed by atoms with E-state index in [0.717, 1.165) is 57.5 Å². The predicted octanol–water partition coefficient (Wildman–Crippen LogP) is 4.85. The molecule has 154 valence electrons. The van der Waals surface area contributed by atoms with E-state index in [9.17, 15) is 0 Å². The van der Waals surface area contributed by atoms with Gasteiger partial charge in [-0.1, -0.05) is 38.8 Å². The van der Waals surface area contributed by atoms with Crippen LogP contribution < -0.4 is 4.74 Å². The number of benzene rings is 1. The smallest absolute Gasteiger partial charge is 0.186 e. The Bertz CT molecular complexity index is 681. The highest BCUT2D eigenvalue weighted by Crippen LogP contribution is 2.40. The van der Waals surface area contributed by atoms with E-state index in [1.54, 1.807) is 13.3 Å². The first-order chi connectivity index (χ1) is 13.6. The Morgan fingerprint density at radius 3 is 2.25 bits per heavy atom. The maximum Gasteiger partial charge on any atom is 0.186 e. The Balaban J connectivity index is 1.71. The fourth-order valence-corrected chi connectivity index (χ4v) is 4.23. The zero-order chi connectivity index (χ0) is 19.9. The predicted molar refractivity (Wildman–Crippen MR) is 110 cm³/mol. The van der Waals surface area contributed by atoms with E-state index in [4.69, 9.17) is 14.2 Å². The summed E-state index contributed by atoms with van der Waals surface area (Å²) in [7, 11) is 1.69. The lowest BCUT2D eigenvalue weighted by Crippen LogP contribution is -2.52. The summed E-state index contributed by atoms with van der Waals surface area (Å²) in [6, 6.07) is 8.25. The topological polar surface area (TPSA) is 45.5 Å². The molecule has 1 aromatic heterocycles. The zero-order valence-corrected chi connectivity index (χ0v) is 17.5. The van der Waals surface area contributed by atoms with Crippen LogP contribution in [0.4, 0.5) is 0 Å². The van der Waals surface area contributed by atoms with Crippen LogP contribution in [0, 0.1) is 5.41 Å². The lowest BCUT2D eigenvalue weighted by Gasteiger charge is -2.47. The number of hydrogen-bond donors (Lipinski definition) is 0. The summed E-state index contributed by atoms with van der Waals surface area (Å²) in [5.41, 5.74) is 1.42. The van der Waals surface area contributed by atoms with E-state index >= 15 is 0 Å². The van der Waals surface area contributed by atoms with Crippen molar-refractivity contribution in [3.63, 3.8) is 0 Å². The summed E-state index contributed by atoms with van der Waals surface area (Å²) in [6.07, 6.45) is 11.9. The number of aryl methyl sites for hydroxylation is 1. The number of rotatable bonds is 10. The van der Waals surface area contributed by atoms with Crippen molar-refractivity contribution in [3.8, 4) is 5.75 Å². The van der Waals surface area contributed by atoms with E-state index in [0.29, 0.717) is 6.54 Å². The van der Waals surface area contributed by atoms with Crippen molar-refractivity contribution >= 4 is 0 Å². The van der Waals surface area contributed by atoms with Crippen molar-refractivity contribution in [2.45, 2.75) is 64.7 Å². The maximum absolute atomic E-state index is 6.53. The van der Waals surface area contributed by atoms with Gasteiger partial charge in [-0.15, -0.1) is 0 Å². The summed E-state index contributed by atoms with van der Waals surface area (Å²) >= 11 is 0. The summed E-state index contributed by atoms with van der Waals surface area (Å²) < 4.78 is 20.4. The first-order valence-electron chi connectivity index (χ1n) is 10.5. The molecule has 0 radical (unpaired) electrons. The molecule has 1 aromatic carbocycles. The number of nitrogens with zero attached hydrogens (tertiary/aromatic N) is 2. The van der Waals surface area contributed by atoms with Gasteiger partial charge in [-0.3, -0.25) is 0 Å². The average Bonchev–Trinajstić information content (AvgIpc) is 3.22. The summed E-state index contributed by atoms with van der Waals surface area (Å²) in [6.45, 7) is 6.69. The number of methoxy groups -OCH3 is 1. The molecule has 2 aromatic rings. The van der Waals surface area contributed by atoms with Gasteiger partial charge in [0.15, 0.2) is 5.79 Å². The Kier molecular flexibility index (Phi) is 7.13. The highest BCUT2D eigenvalue weighted by molar-refractivity contribution is 5.27. The first kappa shape index (κ1) is 20.9.